The Morgan fingerprint density at radius 3 is 2.00 bits per heavy atom. The van der Waals surface area contributed by atoms with E-state index < -0.39 is 32.5 Å². The summed E-state index contributed by atoms with van der Waals surface area (Å²) in [4.78, 5) is 34.5. The number of hydrogen-bond acceptors (Lipinski definition) is 7. The van der Waals surface area contributed by atoms with E-state index >= 15 is 0 Å². The van der Waals surface area contributed by atoms with Gasteiger partial charge < -0.3 is 18.6 Å². The molecule has 0 radical (unpaired) electrons. The van der Waals surface area contributed by atoms with Gasteiger partial charge in [-0.25, -0.2) is 4.79 Å². The quantitative estimate of drug-likeness (QED) is 0.397. The number of ether oxygens (including phenoxy) is 3. The van der Waals surface area contributed by atoms with Crippen LogP contribution < -0.4 is 0 Å². The number of rotatable bonds is 7. The maximum absolute atomic E-state index is 11.8. The van der Waals surface area contributed by atoms with E-state index in [4.69, 9.17) is 4.43 Å². The minimum absolute atomic E-state index is 0.0824. The summed E-state index contributed by atoms with van der Waals surface area (Å²) in [6.07, 6.45) is -2.06. The average molecular weight is 348 g/mol. The van der Waals surface area contributed by atoms with Crippen LogP contribution in [0.1, 0.15) is 40.5 Å². The molecule has 0 bridgehead atoms. The first kappa shape index (κ1) is 21.6. The van der Waals surface area contributed by atoms with Crippen molar-refractivity contribution in [2.45, 2.75) is 64.8 Å². The van der Waals surface area contributed by atoms with Gasteiger partial charge in [-0.3, -0.25) is 9.59 Å². The molecule has 134 valence electrons. The number of esters is 2. The highest BCUT2D eigenvalue weighted by Gasteiger charge is 2.40. The van der Waals surface area contributed by atoms with E-state index in [0.29, 0.717) is 0 Å². The van der Waals surface area contributed by atoms with E-state index in [-0.39, 0.29) is 24.5 Å². The van der Waals surface area contributed by atoms with Gasteiger partial charge in [0.2, 0.25) is 0 Å². The second kappa shape index (κ2) is 9.02. The van der Waals surface area contributed by atoms with E-state index in [2.05, 4.69) is 14.2 Å². The van der Waals surface area contributed by atoms with Crippen LogP contribution >= 0.6 is 0 Å². The van der Waals surface area contributed by atoms with Crippen LogP contribution in [0.15, 0.2) is 0 Å². The van der Waals surface area contributed by atoms with E-state index in [1.54, 1.807) is 6.92 Å². The number of hydrogen-bond donors (Lipinski definition) is 0. The van der Waals surface area contributed by atoms with E-state index in [9.17, 15) is 14.4 Å². The predicted octanol–water partition coefficient (Wildman–Crippen LogP) is 3.03. The van der Waals surface area contributed by atoms with E-state index in [1.165, 1.54) is 7.11 Å². The van der Waals surface area contributed by atoms with Gasteiger partial charge in [0, 0.05) is 0 Å². The summed E-state index contributed by atoms with van der Waals surface area (Å²) < 4.78 is 19.8. The van der Waals surface area contributed by atoms with Crippen LogP contribution in [0, 0.1) is 0 Å². The van der Waals surface area contributed by atoms with Crippen molar-refractivity contribution in [1.29, 1.82) is 0 Å². The first-order valence-corrected chi connectivity index (χ1v) is 10.5. The fourth-order valence-electron chi connectivity index (χ4n) is 1.49. The number of carbonyl (C=O) groups is 3. The molecular weight excluding hydrogens is 320 g/mol. The summed E-state index contributed by atoms with van der Waals surface area (Å²) in [6, 6.07) is 0. The smallest absolute Gasteiger partial charge is 0.469 e. The molecule has 8 heteroatoms. The number of carbonyl (C=O) groups excluding carboxylic acids is 3. The van der Waals surface area contributed by atoms with Gasteiger partial charge in [-0.1, -0.05) is 20.8 Å². The van der Waals surface area contributed by atoms with Crippen molar-refractivity contribution in [2.24, 2.45) is 0 Å². The third kappa shape index (κ3) is 8.12. The molecule has 0 aromatic rings. The Morgan fingerprint density at radius 1 is 1.04 bits per heavy atom. The monoisotopic (exact) mass is 348 g/mol. The van der Waals surface area contributed by atoms with Crippen LogP contribution in [0.25, 0.3) is 0 Å². The molecule has 0 aromatic carbocycles. The molecule has 23 heavy (non-hydrogen) atoms. The first-order valence-electron chi connectivity index (χ1n) is 7.55. The predicted molar refractivity (Wildman–Crippen MR) is 86.4 cm³/mol. The molecule has 0 aliphatic carbocycles. The fraction of sp³-hybridized carbons (Fsp3) is 0.800. The van der Waals surface area contributed by atoms with Crippen LogP contribution in [0.2, 0.25) is 18.1 Å². The molecule has 0 aliphatic heterocycles. The zero-order valence-electron chi connectivity index (χ0n) is 15.1. The topological polar surface area (TPSA) is 88.1 Å². The van der Waals surface area contributed by atoms with Crippen molar-refractivity contribution in [3.8, 4) is 0 Å². The molecule has 0 spiro atoms. The Kier molecular flexibility index (Phi) is 8.47. The van der Waals surface area contributed by atoms with Crippen molar-refractivity contribution < 1.29 is 33.0 Å². The molecule has 7 nitrogen and oxygen atoms in total. The largest absolute Gasteiger partial charge is 0.516 e. The van der Waals surface area contributed by atoms with Crippen molar-refractivity contribution in [3.63, 3.8) is 0 Å². The highest BCUT2D eigenvalue weighted by Crippen LogP contribution is 2.38. The Labute approximate surface area is 138 Å². The van der Waals surface area contributed by atoms with Crippen molar-refractivity contribution in [1.82, 2.24) is 0 Å². The summed E-state index contributed by atoms with van der Waals surface area (Å²) in [5.41, 5.74) is 0. The van der Waals surface area contributed by atoms with Crippen LogP contribution in [0.5, 0.6) is 0 Å². The molecule has 0 N–H and O–H groups in total. The summed E-state index contributed by atoms with van der Waals surface area (Å²) in [6.45, 7) is 11.9. The molecule has 1 unspecified atom stereocenters. The van der Waals surface area contributed by atoms with Crippen molar-refractivity contribution in [2.75, 3.05) is 13.7 Å². The van der Waals surface area contributed by atoms with Crippen LogP contribution in [-0.2, 0) is 28.2 Å². The zero-order valence-corrected chi connectivity index (χ0v) is 16.1. The van der Waals surface area contributed by atoms with E-state index in [1.807, 2.05) is 33.9 Å². The van der Waals surface area contributed by atoms with Crippen LogP contribution in [0.4, 0.5) is 4.79 Å². The molecule has 0 aromatic heterocycles. The first-order chi connectivity index (χ1) is 10.4. The molecule has 0 amide bonds. The van der Waals surface area contributed by atoms with Gasteiger partial charge in [0.05, 0.1) is 32.7 Å². The maximum Gasteiger partial charge on any atom is 0.516 e. The molecule has 0 heterocycles. The molecule has 0 fully saturated rings. The van der Waals surface area contributed by atoms with Crippen LogP contribution in [0.3, 0.4) is 0 Å². The molecule has 0 saturated carbocycles. The lowest BCUT2D eigenvalue weighted by molar-refractivity contribution is -0.145. The normalized spacial score (nSPS) is 13.2. The summed E-state index contributed by atoms with van der Waals surface area (Å²) in [7, 11) is -0.935. The molecule has 0 aliphatic rings. The summed E-state index contributed by atoms with van der Waals surface area (Å²) >= 11 is 0. The van der Waals surface area contributed by atoms with Gasteiger partial charge in [-0.2, -0.15) is 0 Å². The van der Waals surface area contributed by atoms with Gasteiger partial charge in [0.1, 0.15) is 0 Å². The van der Waals surface area contributed by atoms with Gasteiger partial charge >= 0.3 is 18.1 Å². The van der Waals surface area contributed by atoms with Gasteiger partial charge in [-0.05, 0) is 25.1 Å². The van der Waals surface area contributed by atoms with Gasteiger partial charge in [0.25, 0.3) is 0 Å². The van der Waals surface area contributed by atoms with Gasteiger partial charge in [-0.15, -0.1) is 0 Å². The second-order valence-electron chi connectivity index (χ2n) is 6.64. The second-order valence-corrected chi connectivity index (χ2v) is 11.4. The zero-order chi connectivity index (χ0) is 18.3. The number of methoxy groups -OCH3 is 1. The Bertz CT molecular complexity index is 426. The minimum Gasteiger partial charge on any atom is -0.469 e. The highest BCUT2D eigenvalue weighted by atomic mass is 28.4. The maximum atomic E-state index is 11.8. The van der Waals surface area contributed by atoms with E-state index in [0.717, 1.165) is 0 Å². The van der Waals surface area contributed by atoms with Gasteiger partial charge in [0.15, 0.2) is 8.32 Å². The third-order valence-corrected chi connectivity index (χ3v) is 8.28. The third-order valence-electron chi connectivity index (χ3n) is 3.74. The van der Waals surface area contributed by atoms with Crippen LogP contribution in [-0.4, -0.2) is 46.2 Å². The van der Waals surface area contributed by atoms with Crippen molar-refractivity contribution in [3.05, 3.63) is 0 Å². The average Bonchev–Trinajstić information content (AvgIpc) is 2.36. The minimum atomic E-state index is -2.20. The Morgan fingerprint density at radius 2 is 1.57 bits per heavy atom. The van der Waals surface area contributed by atoms with Crippen molar-refractivity contribution >= 4 is 26.4 Å². The Balaban J connectivity index is 4.92. The summed E-state index contributed by atoms with van der Waals surface area (Å²) in [5.74, 6) is -1.28. The molecule has 0 rings (SSSR count). The Hall–Kier alpha value is -1.41. The lowest BCUT2D eigenvalue weighted by Crippen LogP contribution is -2.45. The lowest BCUT2D eigenvalue weighted by atomic mass is 10.2. The molecule has 0 saturated heterocycles. The highest BCUT2D eigenvalue weighted by molar-refractivity contribution is 6.74. The SMILES string of the molecule is CCOC(=O)OC(=O)CC(CC(=O)OC)O[Si](C)(C)C(C)(C)C. The summed E-state index contributed by atoms with van der Waals surface area (Å²) in [5, 5.41) is -0.0909. The molecular formula is C15H28O7Si. The fourth-order valence-corrected chi connectivity index (χ4v) is 2.84. The molecule has 1 atom stereocenters. The lowest BCUT2D eigenvalue weighted by Gasteiger charge is -2.38. The standard InChI is InChI=1S/C15H28O7Si/c1-8-20-14(18)21-13(17)10-11(9-12(16)19-5)22-23(6,7)15(2,3)4/h11H,8-10H2,1-7H3.